The third-order valence-electron chi connectivity index (χ3n) is 3.61. The second-order valence-electron chi connectivity index (χ2n) is 5.81. The third kappa shape index (κ3) is 3.79. The van der Waals surface area contributed by atoms with Gasteiger partial charge in [-0.1, -0.05) is 44.2 Å². The van der Waals surface area contributed by atoms with E-state index in [-0.39, 0.29) is 5.91 Å². The molecule has 1 N–H and O–H groups in total. The maximum absolute atomic E-state index is 12.8. The minimum atomic E-state index is 0.0651. The number of rotatable bonds is 6. The Kier molecular flexibility index (Phi) is 5.20. The molecule has 0 bridgehead atoms. The van der Waals surface area contributed by atoms with Crippen molar-refractivity contribution in [3.8, 4) is 0 Å². The number of anilines is 2. The van der Waals surface area contributed by atoms with Gasteiger partial charge in [-0.05, 0) is 29.5 Å². The topological polar surface area (TPSA) is 46.9 Å². The molecule has 0 aliphatic heterocycles. The number of carbonyl (C=O) groups is 1. The van der Waals surface area contributed by atoms with Crippen molar-refractivity contribution in [1.82, 2.24) is 9.55 Å². The number of fused-ring (bicyclic) bond motifs is 1. The number of benzene rings is 2. The smallest absolute Gasteiger partial charge is 0.234 e. The molecule has 0 saturated carbocycles. The van der Waals surface area contributed by atoms with Crippen LogP contribution >= 0.6 is 11.8 Å². The van der Waals surface area contributed by atoms with Crippen LogP contribution in [-0.4, -0.2) is 26.5 Å². The van der Waals surface area contributed by atoms with Crippen LogP contribution in [0.5, 0.6) is 0 Å². The third-order valence-corrected chi connectivity index (χ3v) is 4.71. The predicted octanol–water partition coefficient (Wildman–Crippen LogP) is 4.95. The monoisotopic (exact) mass is 339 g/mol. The minimum absolute atomic E-state index is 0.0651. The zero-order valence-corrected chi connectivity index (χ0v) is 14.7. The van der Waals surface area contributed by atoms with Crippen LogP contribution in [0.25, 0.3) is 11.0 Å². The van der Waals surface area contributed by atoms with Gasteiger partial charge in [-0.15, -0.1) is 0 Å². The van der Waals surface area contributed by atoms with Crippen molar-refractivity contribution < 1.29 is 4.79 Å². The van der Waals surface area contributed by atoms with E-state index in [1.165, 1.54) is 0 Å². The lowest BCUT2D eigenvalue weighted by atomic mass is 10.3. The number of imidazole rings is 1. The van der Waals surface area contributed by atoms with Gasteiger partial charge in [0.05, 0.1) is 11.0 Å². The summed E-state index contributed by atoms with van der Waals surface area (Å²) in [6.45, 7) is 4.29. The van der Waals surface area contributed by atoms with Crippen LogP contribution in [0.2, 0.25) is 0 Å². The highest BCUT2D eigenvalue weighted by atomic mass is 32.2. The quantitative estimate of drug-likeness (QED) is 0.690. The summed E-state index contributed by atoms with van der Waals surface area (Å²) in [5.74, 6) is 1.45. The molecule has 1 heterocycles. The first-order valence-electron chi connectivity index (χ1n) is 8.09. The zero-order valence-electron chi connectivity index (χ0n) is 13.9. The number of carbonyl (C=O) groups excluding carboxylic acids is 1. The maximum atomic E-state index is 12.8. The number of aromatic nitrogens is 2. The van der Waals surface area contributed by atoms with Crippen molar-refractivity contribution in [2.75, 3.05) is 11.1 Å². The fraction of sp³-hybridized carbons (Fsp3) is 0.263. The van der Waals surface area contributed by atoms with Gasteiger partial charge in [0.1, 0.15) is 0 Å². The van der Waals surface area contributed by atoms with Gasteiger partial charge in [0.2, 0.25) is 11.9 Å². The number of thioether (sulfide) groups is 1. The molecule has 0 radical (unpaired) electrons. The van der Waals surface area contributed by atoms with Crippen LogP contribution in [0.3, 0.4) is 0 Å². The molecule has 0 atom stereocenters. The second kappa shape index (κ2) is 7.53. The Bertz CT molecular complexity index is 827. The van der Waals surface area contributed by atoms with E-state index in [1.807, 2.05) is 54.6 Å². The van der Waals surface area contributed by atoms with Crippen LogP contribution in [0, 0.1) is 0 Å². The van der Waals surface area contributed by atoms with Crippen molar-refractivity contribution in [3.63, 3.8) is 0 Å². The summed E-state index contributed by atoms with van der Waals surface area (Å²) in [6.07, 6.45) is 0.493. The van der Waals surface area contributed by atoms with E-state index in [9.17, 15) is 4.79 Å². The molecular formula is C19H21N3OS. The van der Waals surface area contributed by atoms with Crippen LogP contribution in [0.15, 0.2) is 54.6 Å². The Labute approximate surface area is 146 Å². The Morgan fingerprint density at radius 3 is 2.58 bits per heavy atom. The largest absolute Gasteiger partial charge is 0.325 e. The van der Waals surface area contributed by atoms with E-state index in [0.717, 1.165) is 22.5 Å². The summed E-state index contributed by atoms with van der Waals surface area (Å²) >= 11 is 1.80. The van der Waals surface area contributed by atoms with E-state index in [4.69, 9.17) is 0 Å². The Morgan fingerprint density at radius 1 is 1.12 bits per heavy atom. The molecule has 1 aromatic heterocycles. The molecule has 124 valence electrons. The SMILES string of the molecule is CC(C)SCCC(=O)n1c(Nc2ccccc2)nc2ccccc21. The molecule has 0 aliphatic rings. The van der Waals surface area contributed by atoms with Crippen molar-refractivity contribution >= 4 is 40.3 Å². The van der Waals surface area contributed by atoms with Crippen LogP contribution in [0.1, 0.15) is 25.1 Å². The molecule has 3 rings (SSSR count). The summed E-state index contributed by atoms with van der Waals surface area (Å²) in [4.78, 5) is 17.4. The second-order valence-corrected chi connectivity index (χ2v) is 7.50. The first-order chi connectivity index (χ1) is 11.6. The van der Waals surface area contributed by atoms with Gasteiger partial charge < -0.3 is 5.32 Å². The zero-order chi connectivity index (χ0) is 16.9. The summed E-state index contributed by atoms with van der Waals surface area (Å²) in [5.41, 5.74) is 2.58. The lowest BCUT2D eigenvalue weighted by Gasteiger charge is -2.10. The van der Waals surface area contributed by atoms with Gasteiger partial charge in [-0.2, -0.15) is 11.8 Å². The van der Waals surface area contributed by atoms with Crippen molar-refractivity contribution in [2.45, 2.75) is 25.5 Å². The van der Waals surface area contributed by atoms with E-state index >= 15 is 0 Å². The summed E-state index contributed by atoms with van der Waals surface area (Å²) in [5, 5.41) is 3.79. The predicted molar refractivity (Wildman–Crippen MR) is 102 cm³/mol. The standard InChI is InChI=1S/C19H21N3OS/c1-14(2)24-13-12-18(23)22-17-11-7-6-10-16(17)21-19(22)20-15-8-4-3-5-9-15/h3-11,14H,12-13H2,1-2H3,(H,20,21). The lowest BCUT2D eigenvalue weighted by Crippen LogP contribution is -2.14. The molecule has 0 saturated heterocycles. The fourth-order valence-electron chi connectivity index (χ4n) is 2.51. The molecule has 0 amide bonds. The lowest BCUT2D eigenvalue weighted by molar-refractivity contribution is 0.0917. The van der Waals surface area contributed by atoms with Crippen molar-refractivity contribution in [1.29, 1.82) is 0 Å². The van der Waals surface area contributed by atoms with E-state index in [0.29, 0.717) is 17.6 Å². The molecule has 0 spiro atoms. The van der Waals surface area contributed by atoms with Gasteiger partial charge in [-0.3, -0.25) is 4.79 Å². The van der Waals surface area contributed by atoms with Gasteiger partial charge in [0.25, 0.3) is 0 Å². The minimum Gasteiger partial charge on any atom is -0.325 e. The van der Waals surface area contributed by atoms with Crippen LogP contribution < -0.4 is 5.32 Å². The molecule has 4 nitrogen and oxygen atoms in total. The van der Waals surface area contributed by atoms with Crippen LogP contribution in [-0.2, 0) is 0 Å². The van der Waals surface area contributed by atoms with E-state index in [2.05, 4.69) is 24.1 Å². The summed E-state index contributed by atoms with van der Waals surface area (Å²) in [6, 6.07) is 17.5. The number of nitrogens with zero attached hydrogens (tertiary/aromatic N) is 2. The van der Waals surface area contributed by atoms with Gasteiger partial charge in [0, 0.05) is 17.9 Å². The summed E-state index contributed by atoms with van der Waals surface area (Å²) < 4.78 is 1.70. The van der Waals surface area contributed by atoms with E-state index < -0.39 is 0 Å². The first kappa shape index (κ1) is 16.6. The van der Waals surface area contributed by atoms with Crippen LogP contribution in [0.4, 0.5) is 11.6 Å². The average molecular weight is 339 g/mol. The van der Waals surface area contributed by atoms with Crippen molar-refractivity contribution in [3.05, 3.63) is 54.6 Å². The Hall–Kier alpha value is -2.27. The normalized spacial score (nSPS) is 11.1. The number of hydrogen-bond acceptors (Lipinski definition) is 4. The molecular weight excluding hydrogens is 318 g/mol. The van der Waals surface area contributed by atoms with Gasteiger partial charge >= 0.3 is 0 Å². The number of hydrogen-bond donors (Lipinski definition) is 1. The average Bonchev–Trinajstić information content (AvgIpc) is 2.93. The summed E-state index contributed by atoms with van der Waals surface area (Å²) in [7, 11) is 0. The highest BCUT2D eigenvalue weighted by Crippen LogP contribution is 2.23. The molecule has 5 heteroatoms. The maximum Gasteiger partial charge on any atom is 0.234 e. The molecule has 0 aliphatic carbocycles. The number of para-hydroxylation sites is 3. The van der Waals surface area contributed by atoms with E-state index in [1.54, 1.807) is 16.3 Å². The highest BCUT2D eigenvalue weighted by molar-refractivity contribution is 7.99. The van der Waals surface area contributed by atoms with Gasteiger partial charge in [-0.25, -0.2) is 9.55 Å². The molecule has 0 fully saturated rings. The molecule has 3 aromatic rings. The Morgan fingerprint density at radius 2 is 1.83 bits per heavy atom. The molecule has 24 heavy (non-hydrogen) atoms. The van der Waals surface area contributed by atoms with Gasteiger partial charge in [0.15, 0.2) is 0 Å². The fourth-order valence-corrected chi connectivity index (χ4v) is 3.27. The molecule has 2 aromatic carbocycles. The number of nitrogens with one attached hydrogen (secondary N) is 1. The first-order valence-corrected chi connectivity index (χ1v) is 9.14. The van der Waals surface area contributed by atoms with Crippen molar-refractivity contribution in [2.24, 2.45) is 0 Å². The highest BCUT2D eigenvalue weighted by Gasteiger charge is 2.16. The molecule has 0 unspecified atom stereocenters. The Balaban J connectivity index is 1.91.